The minimum Gasteiger partial charge on any atom is -0.508 e. The maximum Gasteiger partial charge on any atom is 0.273 e. The van der Waals surface area contributed by atoms with Crippen molar-refractivity contribution in [2.75, 3.05) is 0 Å². The highest BCUT2D eigenvalue weighted by atomic mass is 16.5. The van der Waals surface area contributed by atoms with Crippen LogP contribution >= 0.6 is 0 Å². The average molecular weight is 308 g/mol. The summed E-state index contributed by atoms with van der Waals surface area (Å²) in [6.45, 7) is 1.91. The van der Waals surface area contributed by atoms with Crippen LogP contribution in [0.1, 0.15) is 29.0 Å². The Morgan fingerprint density at radius 2 is 1.91 bits per heavy atom. The standard InChI is InChI=1S/C18H16N2O3/c1-12(13-6-3-2-4-7-13)19-18(22)16-11-17(23-20-16)14-8-5-9-15(21)10-14/h2-12,21H,1H3,(H,19,22)/t12-/m1/s1. The van der Waals surface area contributed by atoms with E-state index < -0.39 is 0 Å². The Hall–Kier alpha value is -3.08. The summed E-state index contributed by atoms with van der Waals surface area (Å²) >= 11 is 0. The zero-order valence-electron chi connectivity index (χ0n) is 12.6. The summed E-state index contributed by atoms with van der Waals surface area (Å²) < 4.78 is 5.19. The summed E-state index contributed by atoms with van der Waals surface area (Å²) in [5, 5.41) is 16.2. The first kappa shape index (κ1) is 14.8. The van der Waals surface area contributed by atoms with Crippen LogP contribution in [0.2, 0.25) is 0 Å². The lowest BCUT2D eigenvalue weighted by Gasteiger charge is -2.12. The zero-order chi connectivity index (χ0) is 16.2. The molecular weight excluding hydrogens is 292 g/mol. The van der Waals surface area contributed by atoms with Crippen LogP contribution < -0.4 is 5.32 Å². The summed E-state index contributed by atoms with van der Waals surface area (Å²) in [6, 6.07) is 17.7. The van der Waals surface area contributed by atoms with Crippen LogP contribution in [0.3, 0.4) is 0 Å². The molecule has 3 aromatic rings. The van der Waals surface area contributed by atoms with Crippen molar-refractivity contribution in [1.82, 2.24) is 10.5 Å². The van der Waals surface area contributed by atoms with Gasteiger partial charge in [-0.25, -0.2) is 0 Å². The molecule has 0 aliphatic rings. The summed E-state index contributed by atoms with van der Waals surface area (Å²) in [6.07, 6.45) is 0. The fourth-order valence-electron chi connectivity index (χ4n) is 2.27. The van der Waals surface area contributed by atoms with Gasteiger partial charge in [0.05, 0.1) is 6.04 Å². The van der Waals surface area contributed by atoms with Crippen LogP contribution in [0.4, 0.5) is 0 Å². The molecule has 0 unspecified atom stereocenters. The number of rotatable bonds is 4. The summed E-state index contributed by atoms with van der Waals surface area (Å²) in [5.41, 5.74) is 1.87. The minimum atomic E-state index is -0.309. The van der Waals surface area contributed by atoms with Crippen LogP contribution in [0.5, 0.6) is 5.75 Å². The van der Waals surface area contributed by atoms with Gasteiger partial charge in [-0.05, 0) is 24.6 Å². The van der Waals surface area contributed by atoms with Crippen molar-refractivity contribution in [2.24, 2.45) is 0 Å². The lowest BCUT2D eigenvalue weighted by Crippen LogP contribution is -2.26. The highest BCUT2D eigenvalue weighted by Gasteiger charge is 2.16. The Bertz CT molecular complexity index is 812. The van der Waals surface area contributed by atoms with Crippen molar-refractivity contribution in [1.29, 1.82) is 0 Å². The van der Waals surface area contributed by atoms with Gasteiger partial charge in [-0.3, -0.25) is 4.79 Å². The summed E-state index contributed by atoms with van der Waals surface area (Å²) in [5.74, 6) is 0.248. The first-order valence-electron chi connectivity index (χ1n) is 7.25. The third-order valence-electron chi connectivity index (χ3n) is 3.52. The van der Waals surface area contributed by atoms with Gasteiger partial charge >= 0.3 is 0 Å². The summed E-state index contributed by atoms with van der Waals surface area (Å²) in [4.78, 5) is 12.3. The van der Waals surface area contributed by atoms with Crippen molar-refractivity contribution >= 4 is 5.91 Å². The van der Waals surface area contributed by atoms with Gasteiger partial charge in [0.15, 0.2) is 11.5 Å². The molecule has 116 valence electrons. The lowest BCUT2D eigenvalue weighted by molar-refractivity contribution is 0.0931. The number of hydrogen-bond donors (Lipinski definition) is 2. The number of carbonyl (C=O) groups is 1. The third kappa shape index (κ3) is 3.40. The van der Waals surface area contributed by atoms with Crippen molar-refractivity contribution in [3.8, 4) is 17.1 Å². The van der Waals surface area contributed by atoms with E-state index in [1.54, 1.807) is 30.3 Å². The molecule has 0 saturated carbocycles. The molecule has 5 heteroatoms. The number of nitrogens with one attached hydrogen (secondary N) is 1. The number of phenolic OH excluding ortho intramolecular Hbond substituents is 1. The molecule has 0 bridgehead atoms. The van der Waals surface area contributed by atoms with Gasteiger partial charge in [-0.15, -0.1) is 0 Å². The number of carbonyl (C=O) groups excluding carboxylic acids is 1. The quantitative estimate of drug-likeness (QED) is 0.773. The van der Waals surface area contributed by atoms with Gasteiger partial charge in [-0.2, -0.15) is 0 Å². The molecule has 1 atom stereocenters. The average Bonchev–Trinajstić information content (AvgIpc) is 3.06. The van der Waals surface area contributed by atoms with Gasteiger partial charge < -0.3 is 14.9 Å². The van der Waals surface area contributed by atoms with Crippen LogP contribution in [0, 0.1) is 0 Å². The Kier molecular flexibility index (Phi) is 4.10. The molecule has 23 heavy (non-hydrogen) atoms. The molecule has 0 fully saturated rings. The van der Waals surface area contributed by atoms with Crippen LogP contribution in [-0.2, 0) is 0 Å². The number of nitrogens with zero attached hydrogens (tertiary/aromatic N) is 1. The number of benzene rings is 2. The molecule has 0 radical (unpaired) electrons. The van der Waals surface area contributed by atoms with Gasteiger partial charge in [0.1, 0.15) is 5.75 Å². The Labute approximate surface area is 133 Å². The van der Waals surface area contributed by atoms with E-state index in [2.05, 4.69) is 10.5 Å². The smallest absolute Gasteiger partial charge is 0.273 e. The van der Waals surface area contributed by atoms with Crippen molar-refractivity contribution in [2.45, 2.75) is 13.0 Å². The van der Waals surface area contributed by atoms with Gasteiger partial charge in [0.25, 0.3) is 5.91 Å². The molecule has 1 aromatic heterocycles. The maximum absolute atomic E-state index is 12.3. The molecule has 2 N–H and O–H groups in total. The predicted octanol–water partition coefficient (Wildman–Crippen LogP) is 3.54. The van der Waals surface area contributed by atoms with E-state index >= 15 is 0 Å². The van der Waals surface area contributed by atoms with E-state index in [1.807, 2.05) is 37.3 Å². The predicted molar refractivity (Wildman–Crippen MR) is 85.9 cm³/mol. The van der Waals surface area contributed by atoms with E-state index in [0.717, 1.165) is 5.56 Å². The second kappa shape index (κ2) is 6.36. The number of amides is 1. The fraction of sp³-hybridized carbons (Fsp3) is 0.111. The molecule has 5 nitrogen and oxygen atoms in total. The Morgan fingerprint density at radius 3 is 2.65 bits per heavy atom. The molecule has 1 heterocycles. The van der Waals surface area contributed by atoms with Crippen molar-refractivity contribution in [3.05, 3.63) is 71.9 Å². The molecular formula is C18H16N2O3. The van der Waals surface area contributed by atoms with E-state index in [4.69, 9.17) is 4.52 Å². The fourth-order valence-corrected chi connectivity index (χ4v) is 2.27. The summed E-state index contributed by atoms with van der Waals surface area (Å²) in [7, 11) is 0. The number of aromatic nitrogens is 1. The van der Waals surface area contributed by atoms with Crippen LogP contribution in [0.25, 0.3) is 11.3 Å². The number of hydrogen-bond acceptors (Lipinski definition) is 4. The van der Waals surface area contributed by atoms with Crippen LogP contribution in [-0.4, -0.2) is 16.2 Å². The van der Waals surface area contributed by atoms with Crippen molar-refractivity contribution in [3.63, 3.8) is 0 Å². The molecule has 2 aromatic carbocycles. The highest BCUT2D eigenvalue weighted by Crippen LogP contribution is 2.24. The second-order valence-corrected chi connectivity index (χ2v) is 5.23. The van der Waals surface area contributed by atoms with Gasteiger partial charge in [-0.1, -0.05) is 47.6 Å². The lowest BCUT2D eigenvalue weighted by atomic mass is 10.1. The molecule has 3 rings (SSSR count). The van der Waals surface area contributed by atoms with E-state index in [0.29, 0.717) is 11.3 Å². The molecule has 0 spiro atoms. The molecule has 0 aliphatic heterocycles. The Morgan fingerprint density at radius 1 is 1.13 bits per heavy atom. The first-order valence-corrected chi connectivity index (χ1v) is 7.25. The highest BCUT2D eigenvalue weighted by molar-refractivity contribution is 5.93. The maximum atomic E-state index is 12.3. The van der Waals surface area contributed by atoms with Crippen LogP contribution in [0.15, 0.2) is 65.2 Å². The number of aromatic hydroxyl groups is 1. The first-order chi connectivity index (χ1) is 11.1. The molecule has 0 saturated heterocycles. The van der Waals surface area contributed by atoms with Crippen molar-refractivity contribution < 1.29 is 14.4 Å². The largest absolute Gasteiger partial charge is 0.508 e. The number of phenols is 1. The molecule has 1 amide bonds. The van der Waals surface area contributed by atoms with E-state index in [1.165, 1.54) is 0 Å². The second-order valence-electron chi connectivity index (χ2n) is 5.23. The SMILES string of the molecule is C[C@@H](NC(=O)c1cc(-c2cccc(O)c2)on1)c1ccccc1. The normalized spacial score (nSPS) is 11.9. The minimum absolute atomic E-state index is 0.127. The molecule has 0 aliphatic carbocycles. The van der Waals surface area contributed by atoms with E-state index in [9.17, 15) is 9.90 Å². The van der Waals surface area contributed by atoms with E-state index in [-0.39, 0.29) is 23.4 Å². The van der Waals surface area contributed by atoms with Gasteiger partial charge in [0.2, 0.25) is 0 Å². The zero-order valence-corrected chi connectivity index (χ0v) is 12.6. The third-order valence-corrected chi connectivity index (χ3v) is 3.52. The van der Waals surface area contributed by atoms with Gasteiger partial charge in [0, 0.05) is 11.6 Å². The Balaban J connectivity index is 1.74. The monoisotopic (exact) mass is 308 g/mol. The topological polar surface area (TPSA) is 75.4 Å².